The van der Waals surface area contributed by atoms with Gasteiger partial charge in [0.1, 0.15) is 0 Å². The van der Waals surface area contributed by atoms with Crippen LogP contribution in [0.15, 0.2) is 11.5 Å². The molecule has 1 fully saturated rings. The zero-order valence-corrected chi connectivity index (χ0v) is 11.1. The number of allylic oxidation sites excluding steroid dienone is 2. The summed E-state index contributed by atoms with van der Waals surface area (Å²) in [5.41, 5.74) is 0.115. The summed E-state index contributed by atoms with van der Waals surface area (Å²) in [6.07, 6.45) is -2.38. The number of rotatable bonds is 2. The van der Waals surface area contributed by atoms with E-state index in [0.717, 1.165) is 12.8 Å². The summed E-state index contributed by atoms with van der Waals surface area (Å²) in [7, 11) is 0. The molecule has 0 spiro atoms. The van der Waals surface area contributed by atoms with E-state index in [1.54, 1.807) is 0 Å². The molecule has 3 nitrogen and oxygen atoms in total. The summed E-state index contributed by atoms with van der Waals surface area (Å²) in [5, 5.41) is 0. The molecule has 0 N–H and O–H groups in total. The van der Waals surface area contributed by atoms with E-state index in [1.165, 1.54) is 0 Å². The monoisotopic (exact) mass is 277 g/mol. The maximum absolute atomic E-state index is 12.4. The van der Waals surface area contributed by atoms with Crippen LogP contribution in [0.25, 0.3) is 0 Å². The lowest BCUT2D eigenvalue weighted by Crippen LogP contribution is -2.35. The highest BCUT2D eigenvalue weighted by molar-refractivity contribution is 5.95. The van der Waals surface area contributed by atoms with Crippen molar-refractivity contribution in [2.45, 2.75) is 45.9 Å². The normalized spacial score (nSPS) is 24.1. The van der Waals surface area contributed by atoms with Gasteiger partial charge in [-0.25, -0.2) is 0 Å². The van der Waals surface area contributed by atoms with Gasteiger partial charge < -0.3 is 9.64 Å². The molecule has 2 rings (SSSR count). The number of ether oxygens (including phenoxy) is 1. The van der Waals surface area contributed by atoms with Gasteiger partial charge in [-0.05, 0) is 24.7 Å². The fraction of sp³-hybridized carbons (Fsp3) is 0.769. The van der Waals surface area contributed by atoms with Gasteiger partial charge in [0.25, 0.3) is 0 Å². The summed E-state index contributed by atoms with van der Waals surface area (Å²) in [6, 6.07) is 0. The lowest BCUT2D eigenvalue weighted by molar-refractivity contribution is -0.305. The van der Waals surface area contributed by atoms with Crippen LogP contribution in [0.4, 0.5) is 13.2 Å². The first-order chi connectivity index (χ1) is 8.68. The molecule has 1 aliphatic carbocycles. The van der Waals surface area contributed by atoms with E-state index < -0.39 is 17.9 Å². The van der Waals surface area contributed by atoms with E-state index in [1.807, 2.05) is 18.7 Å². The SMILES string of the molecule is CC1(C)CC(=O)C(OC(F)(F)F)=C(N2CCCC2)C1. The number of ketones is 1. The predicted molar refractivity (Wildman–Crippen MR) is 63.0 cm³/mol. The molecule has 0 aromatic rings. The number of carbonyl (C=O) groups excluding carboxylic acids is 1. The summed E-state index contributed by atoms with van der Waals surface area (Å²) < 4.78 is 41.3. The van der Waals surface area contributed by atoms with Crippen LogP contribution in [-0.4, -0.2) is 30.1 Å². The maximum Gasteiger partial charge on any atom is 0.573 e. The zero-order valence-electron chi connectivity index (χ0n) is 11.1. The van der Waals surface area contributed by atoms with Crippen molar-refractivity contribution in [3.05, 3.63) is 11.5 Å². The van der Waals surface area contributed by atoms with E-state index in [2.05, 4.69) is 4.74 Å². The second-order valence-corrected chi connectivity index (χ2v) is 5.96. The topological polar surface area (TPSA) is 29.5 Å². The number of carbonyl (C=O) groups is 1. The van der Waals surface area contributed by atoms with Crippen LogP contribution in [0.5, 0.6) is 0 Å². The third-order valence-electron chi connectivity index (χ3n) is 3.51. The molecule has 0 aromatic heterocycles. The lowest BCUT2D eigenvalue weighted by Gasteiger charge is -2.36. The number of halogens is 3. The highest BCUT2D eigenvalue weighted by Gasteiger charge is 2.42. The number of likely N-dealkylation sites (tertiary alicyclic amines) is 1. The van der Waals surface area contributed by atoms with Crippen LogP contribution in [-0.2, 0) is 9.53 Å². The van der Waals surface area contributed by atoms with Crippen LogP contribution in [0.2, 0.25) is 0 Å². The number of alkyl halides is 3. The fourth-order valence-corrected chi connectivity index (χ4v) is 2.75. The van der Waals surface area contributed by atoms with E-state index in [9.17, 15) is 18.0 Å². The molecule has 0 atom stereocenters. The number of nitrogens with zero attached hydrogens (tertiary/aromatic N) is 1. The van der Waals surface area contributed by atoms with E-state index in [0.29, 0.717) is 25.2 Å². The first kappa shape index (κ1) is 14.2. The van der Waals surface area contributed by atoms with Crippen molar-refractivity contribution in [3.8, 4) is 0 Å². The van der Waals surface area contributed by atoms with Crippen molar-refractivity contribution < 1.29 is 22.7 Å². The van der Waals surface area contributed by atoms with Gasteiger partial charge in [-0.1, -0.05) is 13.8 Å². The van der Waals surface area contributed by atoms with Crippen molar-refractivity contribution in [1.82, 2.24) is 4.90 Å². The molecule has 0 amide bonds. The van der Waals surface area contributed by atoms with Gasteiger partial charge in [0.05, 0.1) is 5.70 Å². The van der Waals surface area contributed by atoms with Crippen LogP contribution in [0, 0.1) is 5.41 Å². The number of Topliss-reactive ketones (excluding diaryl/α,β-unsaturated/α-hetero) is 1. The zero-order chi connectivity index (χ0) is 14.3. The highest BCUT2D eigenvalue weighted by Crippen LogP contribution is 2.41. The molecular weight excluding hydrogens is 259 g/mol. The second-order valence-electron chi connectivity index (χ2n) is 5.96. The molecule has 108 valence electrons. The van der Waals surface area contributed by atoms with Crippen LogP contribution >= 0.6 is 0 Å². The van der Waals surface area contributed by atoms with Gasteiger partial charge in [0.15, 0.2) is 11.5 Å². The minimum atomic E-state index is -4.81. The van der Waals surface area contributed by atoms with Crippen LogP contribution < -0.4 is 0 Å². The molecule has 0 radical (unpaired) electrons. The Kier molecular flexibility index (Phi) is 3.53. The molecule has 0 saturated carbocycles. The Hall–Kier alpha value is -1.20. The van der Waals surface area contributed by atoms with Gasteiger partial charge in [0, 0.05) is 19.5 Å². The highest BCUT2D eigenvalue weighted by atomic mass is 19.4. The predicted octanol–water partition coefficient (Wildman–Crippen LogP) is 3.22. The van der Waals surface area contributed by atoms with E-state index in [4.69, 9.17) is 0 Å². The minimum absolute atomic E-state index is 0.0930. The van der Waals surface area contributed by atoms with Crippen molar-refractivity contribution in [2.24, 2.45) is 5.41 Å². The van der Waals surface area contributed by atoms with Gasteiger partial charge in [-0.3, -0.25) is 4.79 Å². The van der Waals surface area contributed by atoms with Gasteiger partial charge in [-0.15, -0.1) is 13.2 Å². The van der Waals surface area contributed by atoms with Crippen LogP contribution in [0.1, 0.15) is 39.5 Å². The minimum Gasteiger partial charge on any atom is -0.400 e. The Balaban J connectivity index is 2.35. The van der Waals surface area contributed by atoms with Crippen LogP contribution in [0.3, 0.4) is 0 Å². The number of hydrogen-bond donors (Lipinski definition) is 0. The van der Waals surface area contributed by atoms with Crippen molar-refractivity contribution in [3.63, 3.8) is 0 Å². The quantitative estimate of drug-likeness (QED) is 0.776. The van der Waals surface area contributed by atoms with E-state index >= 15 is 0 Å². The first-order valence-electron chi connectivity index (χ1n) is 6.45. The Labute approximate surface area is 110 Å². The molecule has 1 saturated heterocycles. The molecule has 0 bridgehead atoms. The van der Waals surface area contributed by atoms with Gasteiger partial charge in [-0.2, -0.15) is 0 Å². The Morgan fingerprint density at radius 1 is 1.16 bits per heavy atom. The smallest absolute Gasteiger partial charge is 0.400 e. The lowest BCUT2D eigenvalue weighted by atomic mass is 9.77. The molecule has 0 unspecified atom stereocenters. The molecule has 1 heterocycles. The maximum atomic E-state index is 12.4. The van der Waals surface area contributed by atoms with Crippen molar-refractivity contribution in [2.75, 3.05) is 13.1 Å². The summed E-state index contributed by atoms with van der Waals surface area (Å²) >= 11 is 0. The molecule has 2 aliphatic rings. The van der Waals surface area contributed by atoms with Crippen molar-refractivity contribution >= 4 is 5.78 Å². The molecule has 0 aromatic carbocycles. The average molecular weight is 277 g/mol. The second kappa shape index (κ2) is 4.72. The average Bonchev–Trinajstić information content (AvgIpc) is 2.72. The molecule has 6 heteroatoms. The standard InChI is InChI=1S/C13H18F3NO2/c1-12(2)7-9(17-5-3-4-6-17)11(10(18)8-12)19-13(14,15)16/h3-8H2,1-2H3. The Morgan fingerprint density at radius 3 is 2.26 bits per heavy atom. The van der Waals surface area contributed by atoms with Crippen molar-refractivity contribution in [1.29, 1.82) is 0 Å². The molecule has 19 heavy (non-hydrogen) atoms. The van der Waals surface area contributed by atoms with E-state index in [-0.39, 0.29) is 11.8 Å². The summed E-state index contributed by atoms with van der Waals surface area (Å²) in [5.74, 6) is -1.04. The molecular formula is C13H18F3NO2. The number of hydrogen-bond acceptors (Lipinski definition) is 3. The first-order valence-corrected chi connectivity index (χ1v) is 6.45. The van der Waals surface area contributed by atoms with Gasteiger partial charge >= 0.3 is 6.36 Å². The molecule has 1 aliphatic heterocycles. The largest absolute Gasteiger partial charge is 0.573 e. The Bertz CT molecular complexity index is 407. The summed E-state index contributed by atoms with van der Waals surface area (Å²) in [4.78, 5) is 13.8. The fourth-order valence-electron chi connectivity index (χ4n) is 2.75. The third-order valence-corrected chi connectivity index (χ3v) is 3.51. The van der Waals surface area contributed by atoms with Gasteiger partial charge in [0.2, 0.25) is 0 Å². The third kappa shape index (κ3) is 3.42. The summed E-state index contributed by atoms with van der Waals surface area (Å²) in [6.45, 7) is 5.18. The Morgan fingerprint density at radius 2 is 1.74 bits per heavy atom.